The van der Waals surface area contributed by atoms with Crippen molar-refractivity contribution in [3.8, 4) is 5.75 Å². The molecule has 0 saturated heterocycles. The lowest BCUT2D eigenvalue weighted by molar-refractivity contribution is 0.414. The minimum atomic E-state index is -0.269. The maximum absolute atomic E-state index is 12.9. The van der Waals surface area contributed by atoms with Gasteiger partial charge in [0.1, 0.15) is 11.6 Å². The van der Waals surface area contributed by atoms with E-state index >= 15 is 0 Å². The first-order valence-corrected chi connectivity index (χ1v) is 7.50. The average molecular weight is 318 g/mol. The van der Waals surface area contributed by atoms with Crippen molar-refractivity contribution < 1.29 is 9.13 Å². The van der Waals surface area contributed by atoms with Gasteiger partial charge in [-0.1, -0.05) is 19.1 Å². The van der Waals surface area contributed by atoms with Crippen LogP contribution >= 0.6 is 12.2 Å². The number of rotatable bonds is 5. The van der Waals surface area contributed by atoms with Gasteiger partial charge < -0.3 is 15.4 Å². The summed E-state index contributed by atoms with van der Waals surface area (Å²) in [5.74, 6) is 0.555. The molecule has 0 unspecified atom stereocenters. The topological polar surface area (TPSA) is 33.3 Å². The maximum atomic E-state index is 12.9. The predicted molar refractivity (Wildman–Crippen MR) is 91.8 cm³/mol. The molecule has 2 aromatic carbocycles. The van der Waals surface area contributed by atoms with Gasteiger partial charge in [-0.05, 0) is 60.6 Å². The normalized spacial score (nSPS) is 11.6. The number of benzene rings is 2. The Labute approximate surface area is 135 Å². The number of halogens is 1. The van der Waals surface area contributed by atoms with E-state index in [0.717, 1.165) is 23.4 Å². The van der Waals surface area contributed by atoms with E-state index in [9.17, 15) is 4.39 Å². The third kappa shape index (κ3) is 4.43. The van der Waals surface area contributed by atoms with Gasteiger partial charge in [-0.2, -0.15) is 0 Å². The van der Waals surface area contributed by atoms with Crippen LogP contribution in [-0.4, -0.2) is 12.2 Å². The Kier molecular flexibility index (Phi) is 5.72. The second-order valence-corrected chi connectivity index (χ2v) is 5.25. The molecule has 0 radical (unpaired) electrons. The van der Waals surface area contributed by atoms with E-state index in [1.165, 1.54) is 12.1 Å². The van der Waals surface area contributed by atoms with Crippen LogP contribution in [0.25, 0.3) is 0 Å². The third-order valence-corrected chi connectivity index (χ3v) is 3.55. The van der Waals surface area contributed by atoms with Crippen molar-refractivity contribution in [2.45, 2.75) is 19.4 Å². The van der Waals surface area contributed by atoms with Crippen LogP contribution in [0.4, 0.5) is 10.1 Å². The highest BCUT2D eigenvalue weighted by Gasteiger charge is 2.11. The van der Waals surface area contributed by atoms with E-state index < -0.39 is 0 Å². The monoisotopic (exact) mass is 318 g/mol. The second kappa shape index (κ2) is 7.75. The quantitative estimate of drug-likeness (QED) is 0.807. The number of hydrogen-bond acceptors (Lipinski definition) is 2. The second-order valence-electron chi connectivity index (χ2n) is 4.84. The largest absolute Gasteiger partial charge is 0.497 e. The number of methoxy groups -OCH3 is 1. The van der Waals surface area contributed by atoms with E-state index in [-0.39, 0.29) is 11.9 Å². The molecular weight excluding hydrogens is 299 g/mol. The molecule has 0 aliphatic carbocycles. The van der Waals surface area contributed by atoms with Crippen LogP contribution in [0.2, 0.25) is 0 Å². The van der Waals surface area contributed by atoms with Gasteiger partial charge in [0.25, 0.3) is 0 Å². The van der Waals surface area contributed by atoms with Gasteiger partial charge in [-0.3, -0.25) is 0 Å². The molecular formula is C17H19FN2OS. The minimum absolute atomic E-state index is 0.103. The highest BCUT2D eigenvalue weighted by Crippen LogP contribution is 2.20. The van der Waals surface area contributed by atoms with E-state index in [2.05, 4.69) is 17.6 Å². The van der Waals surface area contributed by atoms with Gasteiger partial charge in [-0.25, -0.2) is 4.39 Å². The van der Waals surface area contributed by atoms with Crippen LogP contribution < -0.4 is 15.4 Å². The van der Waals surface area contributed by atoms with Gasteiger partial charge >= 0.3 is 0 Å². The fraction of sp³-hybridized carbons (Fsp3) is 0.235. The van der Waals surface area contributed by atoms with Crippen molar-refractivity contribution in [3.63, 3.8) is 0 Å². The van der Waals surface area contributed by atoms with Crippen LogP contribution in [0.1, 0.15) is 24.9 Å². The molecule has 5 heteroatoms. The smallest absolute Gasteiger partial charge is 0.171 e. The molecule has 0 saturated carbocycles. The van der Waals surface area contributed by atoms with E-state index in [1.54, 1.807) is 19.2 Å². The first-order valence-electron chi connectivity index (χ1n) is 7.09. The van der Waals surface area contributed by atoms with Gasteiger partial charge in [-0.15, -0.1) is 0 Å². The molecule has 0 heterocycles. The summed E-state index contributed by atoms with van der Waals surface area (Å²) < 4.78 is 18.0. The number of nitrogens with one attached hydrogen (secondary N) is 2. The lowest BCUT2D eigenvalue weighted by Gasteiger charge is -2.20. The Morgan fingerprint density at radius 1 is 1.14 bits per heavy atom. The van der Waals surface area contributed by atoms with E-state index in [0.29, 0.717) is 5.11 Å². The Balaban J connectivity index is 1.99. The van der Waals surface area contributed by atoms with E-state index in [4.69, 9.17) is 17.0 Å². The fourth-order valence-electron chi connectivity index (χ4n) is 2.12. The summed E-state index contributed by atoms with van der Waals surface area (Å²) >= 11 is 5.32. The van der Waals surface area contributed by atoms with Crippen LogP contribution in [0, 0.1) is 5.82 Å². The van der Waals surface area contributed by atoms with Gasteiger partial charge in [0, 0.05) is 5.69 Å². The summed E-state index contributed by atoms with van der Waals surface area (Å²) in [5.41, 5.74) is 1.88. The molecule has 22 heavy (non-hydrogen) atoms. The van der Waals surface area contributed by atoms with Crippen LogP contribution in [-0.2, 0) is 0 Å². The summed E-state index contributed by atoms with van der Waals surface area (Å²) in [4.78, 5) is 0. The Bertz CT molecular complexity index is 614. The van der Waals surface area contributed by atoms with Crippen LogP contribution in [0.5, 0.6) is 5.75 Å². The summed E-state index contributed by atoms with van der Waals surface area (Å²) in [6.07, 6.45) is 0.886. The van der Waals surface area contributed by atoms with Crippen LogP contribution in [0.3, 0.4) is 0 Å². The predicted octanol–water partition coefficient (Wildman–Crippen LogP) is 4.27. The zero-order valence-corrected chi connectivity index (χ0v) is 13.4. The Morgan fingerprint density at radius 3 is 2.32 bits per heavy atom. The summed E-state index contributed by atoms with van der Waals surface area (Å²) in [5, 5.41) is 6.83. The Morgan fingerprint density at radius 2 is 1.77 bits per heavy atom. The fourth-order valence-corrected chi connectivity index (χ4v) is 2.38. The summed E-state index contributed by atoms with van der Waals surface area (Å²) in [6, 6.07) is 14.1. The molecule has 0 fully saturated rings. The van der Waals surface area contributed by atoms with Crippen molar-refractivity contribution in [1.82, 2.24) is 5.32 Å². The third-order valence-electron chi connectivity index (χ3n) is 3.33. The van der Waals surface area contributed by atoms with Crippen molar-refractivity contribution in [2.75, 3.05) is 12.4 Å². The standard InChI is InChI=1S/C17H19FN2OS/c1-3-16(12-4-10-15(21-2)11-5-12)20-17(22)19-14-8-6-13(18)7-9-14/h4-11,16H,3H2,1-2H3,(H2,19,20,22)/t16-/m0/s1. The molecule has 0 aliphatic heterocycles. The summed E-state index contributed by atoms with van der Waals surface area (Å²) in [7, 11) is 1.65. The van der Waals surface area contributed by atoms with Crippen molar-refractivity contribution in [3.05, 3.63) is 59.9 Å². The van der Waals surface area contributed by atoms with Crippen molar-refractivity contribution >= 4 is 23.0 Å². The van der Waals surface area contributed by atoms with Crippen molar-refractivity contribution in [1.29, 1.82) is 0 Å². The average Bonchev–Trinajstić information content (AvgIpc) is 2.55. The lowest BCUT2D eigenvalue weighted by atomic mass is 10.0. The SMILES string of the molecule is CC[C@H](NC(=S)Nc1ccc(F)cc1)c1ccc(OC)cc1. The number of hydrogen-bond donors (Lipinski definition) is 2. The molecule has 3 nitrogen and oxygen atoms in total. The number of anilines is 1. The summed E-state index contributed by atoms with van der Waals surface area (Å²) in [6.45, 7) is 2.09. The number of thiocarbonyl (C=S) groups is 1. The zero-order chi connectivity index (χ0) is 15.9. The molecule has 0 aliphatic rings. The molecule has 2 rings (SSSR count). The molecule has 0 spiro atoms. The van der Waals surface area contributed by atoms with E-state index in [1.807, 2.05) is 24.3 Å². The van der Waals surface area contributed by atoms with Gasteiger partial charge in [0.15, 0.2) is 5.11 Å². The Hall–Kier alpha value is -2.14. The first-order chi connectivity index (χ1) is 10.6. The molecule has 2 aromatic rings. The van der Waals surface area contributed by atoms with Crippen LogP contribution in [0.15, 0.2) is 48.5 Å². The van der Waals surface area contributed by atoms with Crippen molar-refractivity contribution in [2.24, 2.45) is 0 Å². The highest BCUT2D eigenvalue weighted by atomic mass is 32.1. The maximum Gasteiger partial charge on any atom is 0.171 e. The molecule has 116 valence electrons. The first kappa shape index (κ1) is 16.2. The molecule has 2 N–H and O–H groups in total. The lowest BCUT2D eigenvalue weighted by Crippen LogP contribution is -2.32. The molecule has 0 amide bonds. The highest BCUT2D eigenvalue weighted by molar-refractivity contribution is 7.80. The minimum Gasteiger partial charge on any atom is -0.497 e. The van der Waals surface area contributed by atoms with Gasteiger partial charge in [0.2, 0.25) is 0 Å². The number of ether oxygens (including phenoxy) is 1. The van der Waals surface area contributed by atoms with Gasteiger partial charge in [0.05, 0.1) is 13.2 Å². The molecule has 0 aromatic heterocycles. The zero-order valence-electron chi connectivity index (χ0n) is 12.6. The molecule has 1 atom stereocenters. The molecule has 0 bridgehead atoms.